The number of nitrogens with zero attached hydrogens (tertiary/aromatic N) is 3. The average Bonchev–Trinajstić information content (AvgIpc) is 3.36. The lowest BCUT2D eigenvalue weighted by molar-refractivity contribution is -0.117. The highest BCUT2D eigenvalue weighted by molar-refractivity contribution is 5.92. The standard InChI is InChI=1S/C25H34N4O3/c1-31-23-10-5-20(17-24(23)32-2)18-27-13-15-28(16-14-27)19-25(30)26-21-6-8-22(9-7-21)29-11-3-4-12-29/h5-10,17H,3-4,11-16,18-19H2,1-2H3,(H,26,30). The number of hydrogen-bond donors (Lipinski definition) is 1. The van der Waals surface area contributed by atoms with Crippen molar-refractivity contribution >= 4 is 17.3 Å². The van der Waals surface area contributed by atoms with Gasteiger partial charge in [-0.2, -0.15) is 0 Å². The zero-order valence-electron chi connectivity index (χ0n) is 19.2. The predicted octanol–water partition coefficient (Wildman–Crippen LogP) is 3.06. The fourth-order valence-corrected chi connectivity index (χ4v) is 4.48. The van der Waals surface area contributed by atoms with E-state index in [1.54, 1.807) is 14.2 Å². The zero-order valence-corrected chi connectivity index (χ0v) is 19.2. The minimum Gasteiger partial charge on any atom is -0.493 e. The van der Waals surface area contributed by atoms with E-state index in [2.05, 4.69) is 38.2 Å². The van der Waals surface area contributed by atoms with Gasteiger partial charge in [0.05, 0.1) is 20.8 Å². The number of anilines is 2. The van der Waals surface area contributed by atoms with Gasteiger partial charge in [0.15, 0.2) is 11.5 Å². The smallest absolute Gasteiger partial charge is 0.238 e. The number of piperazine rings is 1. The van der Waals surface area contributed by atoms with E-state index in [4.69, 9.17) is 9.47 Å². The number of rotatable bonds is 8. The molecule has 4 rings (SSSR count). The molecule has 0 aromatic heterocycles. The van der Waals surface area contributed by atoms with E-state index >= 15 is 0 Å². The molecular formula is C25H34N4O3. The van der Waals surface area contributed by atoms with Gasteiger partial charge < -0.3 is 19.7 Å². The molecule has 2 heterocycles. The molecule has 172 valence electrons. The minimum atomic E-state index is 0.0484. The first-order valence-electron chi connectivity index (χ1n) is 11.4. The van der Waals surface area contributed by atoms with Crippen LogP contribution in [-0.2, 0) is 11.3 Å². The van der Waals surface area contributed by atoms with Crippen molar-refractivity contribution < 1.29 is 14.3 Å². The third-order valence-corrected chi connectivity index (χ3v) is 6.31. The summed E-state index contributed by atoms with van der Waals surface area (Å²) in [5.41, 5.74) is 3.31. The molecule has 2 aliphatic rings. The first-order chi connectivity index (χ1) is 15.6. The third-order valence-electron chi connectivity index (χ3n) is 6.31. The van der Waals surface area contributed by atoms with Gasteiger partial charge in [-0.15, -0.1) is 0 Å². The molecule has 0 aliphatic carbocycles. The molecule has 0 spiro atoms. The molecule has 1 amide bonds. The van der Waals surface area contributed by atoms with Gasteiger partial charge in [0.2, 0.25) is 5.91 Å². The van der Waals surface area contributed by atoms with Gasteiger partial charge in [-0.05, 0) is 54.8 Å². The fourth-order valence-electron chi connectivity index (χ4n) is 4.48. The van der Waals surface area contributed by atoms with E-state index in [9.17, 15) is 4.79 Å². The Balaban J connectivity index is 1.21. The first-order valence-corrected chi connectivity index (χ1v) is 11.4. The van der Waals surface area contributed by atoms with Crippen molar-refractivity contribution in [1.82, 2.24) is 9.80 Å². The van der Waals surface area contributed by atoms with Crippen molar-refractivity contribution in [2.75, 3.05) is 70.2 Å². The second-order valence-corrected chi connectivity index (χ2v) is 8.53. The number of carbonyl (C=O) groups excluding carboxylic acids is 1. The fraction of sp³-hybridized carbons (Fsp3) is 0.480. The Hall–Kier alpha value is -2.77. The lowest BCUT2D eigenvalue weighted by Gasteiger charge is -2.34. The first kappa shape index (κ1) is 22.4. The van der Waals surface area contributed by atoms with Crippen molar-refractivity contribution in [3.05, 3.63) is 48.0 Å². The summed E-state index contributed by atoms with van der Waals surface area (Å²) in [6.45, 7) is 7.19. The lowest BCUT2D eigenvalue weighted by Crippen LogP contribution is -2.48. The van der Waals surface area contributed by atoms with Gasteiger partial charge >= 0.3 is 0 Å². The number of nitrogens with one attached hydrogen (secondary N) is 1. The van der Waals surface area contributed by atoms with Gasteiger partial charge in [-0.25, -0.2) is 0 Å². The highest BCUT2D eigenvalue weighted by Crippen LogP contribution is 2.28. The van der Waals surface area contributed by atoms with E-state index in [-0.39, 0.29) is 5.91 Å². The number of carbonyl (C=O) groups is 1. The van der Waals surface area contributed by atoms with Crippen LogP contribution in [0.15, 0.2) is 42.5 Å². The van der Waals surface area contributed by atoms with Crippen molar-refractivity contribution in [3.63, 3.8) is 0 Å². The number of methoxy groups -OCH3 is 2. The number of ether oxygens (including phenoxy) is 2. The van der Waals surface area contributed by atoms with Crippen LogP contribution >= 0.6 is 0 Å². The number of benzene rings is 2. The summed E-state index contributed by atoms with van der Waals surface area (Å²) in [6, 6.07) is 14.3. The third kappa shape index (κ3) is 5.72. The maximum atomic E-state index is 12.5. The van der Waals surface area contributed by atoms with Crippen LogP contribution in [0, 0.1) is 0 Å². The average molecular weight is 439 g/mol. The van der Waals surface area contributed by atoms with E-state index < -0.39 is 0 Å². The van der Waals surface area contributed by atoms with Gasteiger partial charge in [-0.1, -0.05) is 6.07 Å². The van der Waals surface area contributed by atoms with Gasteiger partial charge in [0, 0.05) is 57.2 Å². The van der Waals surface area contributed by atoms with Crippen molar-refractivity contribution in [2.45, 2.75) is 19.4 Å². The van der Waals surface area contributed by atoms with Crippen LogP contribution in [0.5, 0.6) is 11.5 Å². The van der Waals surface area contributed by atoms with Crippen LogP contribution in [0.4, 0.5) is 11.4 Å². The molecule has 1 N–H and O–H groups in total. The molecule has 2 aromatic rings. The molecule has 0 bridgehead atoms. The maximum Gasteiger partial charge on any atom is 0.238 e. The van der Waals surface area contributed by atoms with Gasteiger partial charge in [0.25, 0.3) is 0 Å². The molecule has 2 saturated heterocycles. The van der Waals surface area contributed by atoms with Crippen LogP contribution in [0.1, 0.15) is 18.4 Å². The Bertz CT molecular complexity index is 889. The molecule has 0 unspecified atom stereocenters. The summed E-state index contributed by atoms with van der Waals surface area (Å²) in [4.78, 5) is 19.5. The van der Waals surface area contributed by atoms with Crippen LogP contribution in [0.3, 0.4) is 0 Å². The van der Waals surface area contributed by atoms with Crippen LogP contribution in [0.25, 0.3) is 0 Å². The van der Waals surface area contributed by atoms with Crippen LogP contribution in [-0.4, -0.2) is 75.7 Å². The van der Waals surface area contributed by atoms with E-state index in [0.29, 0.717) is 6.54 Å². The lowest BCUT2D eigenvalue weighted by atomic mass is 10.1. The van der Waals surface area contributed by atoms with Gasteiger partial charge in [0.1, 0.15) is 0 Å². The molecule has 0 saturated carbocycles. The molecule has 0 radical (unpaired) electrons. The Morgan fingerprint density at radius 1 is 0.844 bits per heavy atom. The minimum absolute atomic E-state index is 0.0484. The summed E-state index contributed by atoms with van der Waals surface area (Å²) < 4.78 is 10.7. The van der Waals surface area contributed by atoms with E-state index in [0.717, 1.165) is 63.0 Å². The quantitative estimate of drug-likeness (QED) is 0.684. The SMILES string of the molecule is COc1ccc(CN2CCN(CC(=O)Nc3ccc(N4CCCC4)cc3)CC2)cc1OC. The maximum absolute atomic E-state index is 12.5. The molecule has 2 fully saturated rings. The topological polar surface area (TPSA) is 57.3 Å². The van der Waals surface area contributed by atoms with Crippen LogP contribution < -0.4 is 19.7 Å². The normalized spacial score (nSPS) is 17.4. The molecular weight excluding hydrogens is 404 g/mol. The zero-order chi connectivity index (χ0) is 22.3. The summed E-state index contributed by atoms with van der Waals surface area (Å²) in [7, 11) is 3.31. The van der Waals surface area contributed by atoms with Crippen molar-refractivity contribution in [3.8, 4) is 11.5 Å². The molecule has 2 aliphatic heterocycles. The molecule has 32 heavy (non-hydrogen) atoms. The van der Waals surface area contributed by atoms with Crippen molar-refractivity contribution in [1.29, 1.82) is 0 Å². The van der Waals surface area contributed by atoms with E-state index in [1.165, 1.54) is 24.1 Å². The Kier molecular flexibility index (Phi) is 7.50. The summed E-state index contributed by atoms with van der Waals surface area (Å²) in [6.07, 6.45) is 2.53. The second-order valence-electron chi connectivity index (χ2n) is 8.53. The Morgan fingerprint density at radius 3 is 2.16 bits per heavy atom. The van der Waals surface area contributed by atoms with Crippen LogP contribution in [0.2, 0.25) is 0 Å². The summed E-state index contributed by atoms with van der Waals surface area (Å²) in [5.74, 6) is 1.55. The van der Waals surface area contributed by atoms with Crippen molar-refractivity contribution in [2.24, 2.45) is 0 Å². The van der Waals surface area contributed by atoms with Gasteiger partial charge in [-0.3, -0.25) is 14.6 Å². The Morgan fingerprint density at radius 2 is 1.50 bits per heavy atom. The summed E-state index contributed by atoms with van der Waals surface area (Å²) in [5, 5.41) is 3.04. The highest BCUT2D eigenvalue weighted by Gasteiger charge is 2.20. The Labute approximate surface area is 190 Å². The predicted molar refractivity (Wildman–Crippen MR) is 128 cm³/mol. The van der Waals surface area contributed by atoms with E-state index in [1.807, 2.05) is 24.3 Å². The second kappa shape index (κ2) is 10.7. The number of amides is 1. The molecule has 7 heteroatoms. The summed E-state index contributed by atoms with van der Waals surface area (Å²) >= 11 is 0. The highest BCUT2D eigenvalue weighted by atomic mass is 16.5. The number of hydrogen-bond acceptors (Lipinski definition) is 6. The molecule has 7 nitrogen and oxygen atoms in total. The largest absolute Gasteiger partial charge is 0.493 e. The molecule has 2 aromatic carbocycles. The molecule has 0 atom stereocenters. The monoisotopic (exact) mass is 438 g/mol.